The summed E-state index contributed by atoms with van der Waals surface area (Å²) in [6, 6.07) is 19.6. The average molecular weight is 371 g/mol. The number of nitrogens with one attached hydrogen (secondary N) is 1. The van der Waals surface area contributed by atoms with E-state index >= 15 is 0 Å². The van der Waals surface area contributed by atoms with E-state index in [0.29, 0.717) is 12.3 Å². The SMILES string of the molecule is COc1cccc2c(CCNCc3cccc(OCC(F)F)c3)cccc12. The molecule has 0 atom stereocenters. The Labute approximate surface area is 157 Å². The second kappa shape index (κ2) is 9.33. The number of hydrogen-bond acceptors (Lipinski definition) is 3. The summed E-state index contributed by atoms with van der Waals surface area (Å²) in [6.07, 6.45) is -1.59. The molecule has 3 rings (SSSR count). The van der Waals surface area contributed by atoms with Gasteiger partial charge in [0.1, 0.15) is 18.1 Å². The number of fused-ring (bicyclic) bond motifs is 1. The molecule has 27 heavy (non-hydrogen) atoms. The zero-order valence-electron chi connectivity index (χ0n) is 15.3. The maximum atomic E-state index is 12.2. The van der Waals surface area contributed by atoms with Crippen molar-refractivity contribution >= 4 is 10.8 Å². The Morgan fingerprint density at radius 3 is 2.56 bits per heavy atom. The Morgan fingerprint density at radius 1 is 0.963 bits per heavy atom. The first-order chi connectivity index (χ1) is 13.2. The van der Waals surface area contributed by atoms with Gasteiger partial charge in [-0.05, 0) is 47.7 Å². The Hall–Kier alpha value is -2.66. The fourth-order valence-electron chi connectivity index (χ4n) is 3.10. The lowest BCUT2D eigenvalue weighted by atomic mass is 10.0. The number of methoxy groups -OCH3 is 1. The van der Waals surface area contributed by atoms with Gasteiger partial charge in [-0.15, -0.1) is 0 Å². The topological polar surface area (TPSA) is 30.5 Å². The zero-order chi connectivity index (χ0) is 19.1. The number of benzene rings is 3. The van der Waals surface area contributed by atoms with Crippen molar-refractivity contribution in [2.24, 2.45) is 0 Å². The zero-order valence-corrected chi connectivity index (χ0v) is 15.3. The molecule has 0 saturated heterocycles. The van der Waals surface area contributed by atoms with Crippen molar-refractivity contribution in [3.8, 4) is 11.5 Å². The molecule has 1 N–H and O–H groups in total. The third kappa shape index (κ3) is 5.17. The molecule has 0 amide bonds. The first-order valence-corrected chi connectivity index (χ1v) is 8.92. The number of alkyl halides is 2. The highest BCUT2D eigenvalue weighted by atomic mass is 19.3. The summed E-state index contributed by atoms with van der Waals surface area (Å²) in [5, 5.41) is 5.71. The fourth-order valence-corrected chi connectivity index (χ4v) is 3.10. The van der Waals surface area contributed by atoms with Gasteiger partial charge in [-0.1, -0.05) is 42.5 Å². The van der Waals surface area contributed by atoms with Crippen LogP contribution in [0.5, 0.6) is 11.5 Å². The minimum atomic E-state index is -2.47. The predicted molar refractivity (Wildman–Crippen MR) is 104 cm³/mol. The van der Waals surface area contributed by atoms with Crippen molar-refractivity contribution in [2.75, 3.05) is 20.3 Å². The molecule has 0 aliphatic carbocycles. The number of halogens is 2. The van der Waals surface area contributed by atoms with Gasteiger partial charge < -0.3 is 14.8 Å². The van der Waals surface area contributed by atoms with Gasteiger partial charge in [0, 0.05) is 11.9 Å². The summed E-state index contributed by atoms with van der Waals surface area (Å²) in [5.41, 5.74) is 2.26. The lowest BCUT2D eigenvalue weighted by Crippen LogP contribution is -2.17. The number of ether oxygens (including phenoxy) is 2. The molecule has 0 heterocycles. The second-order valence-electron chi connectivity index (χ2n) is 6.25. The summed E-state index contributed by atoms with van der Waals surface area (Å²) >= 11 is 0. The van der Waals surface area contributed by atoms with Crippen molar-refractivity contribution in [1.82, 2.24) is 5.32 Å². The first kappa shape index (κ1) is 19.1. The molecule has 142 valence electrons. The third-order valence-corrected chi connectivity index (χ3v) is 4.37. The number of rotatable bonds is 9. The van der Waals surface area contributed by atoms with Crippen molar-refractivity contribution in [3.63, 3.8) is 0 Å². The molecule has 0 radical (unpaired) electrons. The van der Waals surface area contributed by atoms with E-state index in [2.05, 4.69) is 23.5 Å². The van der Waals surface area contributed by atoms with E-state index in [1.165, 1.54) is 10.9 Å². The smallest absolute Gasteiger partial charge is 0.272 e. The van der Waals surface area contributed by atoms with Gasteiger partial charge in [0.15, 0.2) is 0 Å². The molecule has 3 nitrogen and oxygen atoms in total. The highest BCUT2D eigenvalue weighted by Gasteiger charge is 2.06. The van der Waals surface area contributed by atoms with Gasteiger partial charge in [0.05, 0.1) is 7.11 Å². The lowest BCUT2D eigenvalue weighted by molar-refractivity contribution is 0.0818. The fraction of sp³-hybridized carbons (Fsp3) is 0.273. The molecule has 0 aliphatic rings. The molecule has 5 heteroatoms. The van der Waals surface area contributed by atoms with Crippen molar-refractivity contribution in [3.05, 3.63) is 71.8 Å². The van der Waals surface area contributed by atoms with E-state index in [1.807, 2.05) is 30.3 Å². The highest BCUT2D eigenvalue weighted by Crippen LogP contribution is 2.27. The molecule has 0 aliphatic heterocycles. The summed E-state index contributed by atoms with van der Waals surface area (Å²) in [5.74, 6) is 1.35. The van der Waals surface area contributed by atoms with Crippen LogP contribution in [-0.2, 0) is 13.0 Å². The predicted octanol–water partition coefficient (Wildman–Crippen LogP) is 4.82. The number of hydrogen-bond donors (Lipinski definition) is 1. The van der Waals surface area contributed by atoms with E-state index in [-0.39, 0.29) is 0 Å². The van der Waals surface area contributed by atoms with Crippen LogP contribution in [0.2, 0.25) is 0 Å². The van der Waals surface area contributed by atoms with E-state index in [0.717, 1.165) is 29.7 Å². The second-order valence-corrected chi connectivity index (χ2v) is 6.25. The van der Waals surface area contributed by atoms with Gasteiger partial charge in [-0.2, -0.15) is 0 Å². The largest absolute Gasteiger partial charge is 0.496 e. The lowest BCUT2D eigenvalue weighted by Gasteiger charge is -2.11. The standard InChI is InChI=1S/C22H23F2NO2/c1-26-21-10-4-8-19-17(6-3-9-20(19)21)11-12-25-14-16-5-2-7-18(13-16)27-15-22(23)24/h2-10,13,22,25H,11-12,14-15H2,1H3. The molecule has 0 unspecified atom stereocenters. The quantitative estimate of drug-likeness (QED) is 0.547. The van der Waals surface area contributed by atoms with E-state index in [1.54, 1.807) is 19.2 Å². The molecule has 3 aromatic rings. The van der Waals surface area contributed by atoms with Crippen LogP contribution in [0, 0.1) is 0 Å². The summed E-state index contributed by atoms with van der Waals surface area (Å²) < 4.78 is 35.0. The monoisotopic (exact) mass is 371 g/mol. The molecule has 3 aromatic carbocycles. The van der Waals surface area contributed by atoms with E-state index in [9.17, 15) is 8.78 Å². The average Bonchev–Trinajstić information content (AvgIpc) is 2.69. The molecule has 0 spiro atoms. The Kier molecular flexibility index (Phi) is 6.60. The van der Waals surface area contributed by atoms with Crippen molar-refractivity contribution < 1.29 is 18.3 Å². The summed E-state index contributed by atoms with van der Waals surface area (Å²) in [7, 11) is 1.68. The minimum Gasteiger partial charge on any atom is -0.496 e. The normalized spacial score (nSPS) is 11.1. The molecular formula is C22H23F2NO2. The van der Waals surface area contributed by atoms with Crippen LogP contribution in [0.4, 0.5) is 8.78 Å². The Bertz CT molecular complexity index is 883. The molecule has 0 bridgehead atoms. The highest BCUT2D eigenvalue weighted by molar-refractivity contribution is 5.90. The van der Waals surface area contributed by atoms with E-state index in [4.69, 9.17) is 9.47 Å². The van der Waals surface area contributed by atoms with Crippen LogP contribution < -0.4 is 14.8 Å². The van der Waals surface area contributed by atoms with E-state index < -0.39 is 13.0 Å². The van der Waals surface area contributed by atoms with Crippen LogP contribution in [0.3, 0.4) is 0 Å². The van der Waals surface area contributed by atoms with Gasteiger partial charge >= 0.3 is 0 Å². The van der Waals surface area contributed by atoms with Crippen LogP contribution >= 0.6 is 0 Å². The van der Waals surface area contributed by atoms with Crippen molar-refractivity contribution in [2.45, 2.75) is 19.4 Å². The molecule has 0 saturated carbocycles. The summed E-state index contributed by atoms with van der Waals surface area (Å²) in [4.78, 5) is 0. The van der Waals surface area contributed by atoms with Gasteiger partial charge in [-0.25, -0.2) is 8.78 Å². The maximum absolute atomic E-state index is 12.2. The third-order valence-electron chi connectivity index (χ3n) is 4.37. The van der Waals surface area contributed by atoms with Gasteiger partial charge in [-0.3, -0.25) is 0 Å². The van der Waals surface area contributed by atoms with Gasteiger partial charge in [0.2, 0.25) is 0 Å². The van der Waals surface area contributed by atoms with Gasteiger partial charge in [0.25, 0.3) is 6.43 Å². The first-order valence-electron chi connectivity index (χ1n) is 8.92. The minimum absolute atomic E-state index is 0.468. The molecule has 0 fully saturated rings. The molecular weight excluding hydrogens is 348 g/mol. The van der Waals surface area contributed by atoms with Crippen LogP contribution in [0.25, 0.3) is 10.8 Å². The van der Waals surface area contributed by atoms with Crippen LogP contribution in [0.15, 0.2) is 60.7 Å². The molecule has 0 aromatic heterocycles. The van der Waals surface area contributed by atoms with Crippen LogP contribution in [0.1, 0.15) is 11.1 Å². The summed E-state index contributed by atoms with van der Waals surface area (Å²) in [6.45, 7) is 0.875. The maximum Gasteiger partial charge on any atom is 0.272 e. The van der Waals surface area contributed by atoms with Crippen molar-refractivity contribution in [1.29, 1.82) is 0 Å². The Morgan fingerprint density at radius 2 is 1.74 bits per heavy atom. The van der Waals surface area contributed by atoms with Crippen LogP contribution in [-0.4, -0.2) is 26.7 Å². The Balaban J connectivity index is 1.56.